The third kappa shape index (κ3) is 3.31. The van der Waals surface area contributed by atoms with Crippen LogP contribution < -0.4 is 0 Å². The van der Waals surface area contributed by atoms with Gasteiger partial charge in [0.2, 0.25) is 5.78 Å². The Labute approximate surface area is 162 Å². The van der Waals surface area contributed by atoms with Gasteiger partial charge in [-0.3, -0.25) is 9.59 Å². The van der Waals surface area contributed by atoms with E-state index in [4.69, 9.17) is 4.42 Å². The van der Waals surface area contributed by atoms with E-state index >= 15 is 0 Å². The van der Waals surface area contributed by atoms with Crippen LogP contribution >= 0.6 is 0 Å². The minimum atomic E-state index is -0.660. The molecule has 144 valence electrons. The standard InChI is InChI=1S/C21H21N3O4/c1-14-3-8-17(28-14)19-18(15-4-6-16(25)7-5-15)20(26)21(27)24(19)11-2-10-23-12-9-22-13-23/h3-9,12-13,18-19,25H,2,10-11H2,1H3. The number of amides is 1. The van der Waals surface area contributed by atoms with E-state index in [9.17, 15) is 14.7 Å². The minimum absolute atomic E-state index is 0.114. The molecule has 1 aliphatic rings. The summed E-state index contributed by atoms with van der Waals surface area (Å²) in [5.41, 5.74) is 0.687. The van der Waals surface area contributed by atoms with Crippen molar-refractivity contribution >= 4 is 11.7 Å². The summed E-state index contributed by atoms with van der Waals surface area (Å²) in [6, 6.07) is 9.58. The highest BCUT2D eigenvalue weighted by atomic mass is 16.3. The normalized spacial score (nSPS) is 19.5. The molecule has 2 atom stereocenters. The Hall–Kier alpha value is -3.35. The molecule has 1 saturated heterocycles. The number of rotatable bonds is 6. The van der Waals surface area contributed by atoms with Crippen molar-refractivity contribution in [2.24, 2.45) is 0 Å². The van der Waals surface area contributed by atoms with Crippen LogP contribution in [0.15, 0.2) is 59.5 Å². The van der Waals surface area contributed by atoms with Gasteiger partial charge in [-0.25, -0.2) is 4.98 Å². The first kappa shape index (κ1) is 18.0. The number of aryl methyl sites for hydroxylation is 2. The Morgan fingerprint density at radius 3 is 2.54 bits per heavy atom. The smallest absolute Gasteiger partial charge is 0.291 e. The molecule has 0 bridgehead atoms. The highest BCUT2D eigenvalue weighted by molar-refractivity contribution is 6.40. The summed E-state index contributed by atoms with van der Waals surface area (Å²) in [4.78, 5) is 31.3. The molecule has 1 fully saturated rings. The summed E-state index contributed by atoms with van der Waals surface area (Å²) in [6.45, 7) is 2.97. The molecule has 0 aliphatic carbocycles. The average Bonchev–Trinajstić information content (AvgIpc) is 3.40. The van der Waals surface area contributed by atoms with Crippen LogP contribution in [0.2, 0.25) is 0 Å². The van der Waals surface area contributed by atoms with E-state index in [0.717, 1.165) is 5.76 Å². The number of hydrogen-bond acceptors (Lipinski definition) is 5. The van der Waals surface area contributed by atoms with E-state index in [1.54, 1.807) is 29.6 Å². The first-order chi connectivity index (χ1) is 13.5. The van der Waals surface area contributed by atoms with Crippen LogP contribution in [0.1, 0.15) is 35.5 Å². The van der Waals surface area contributed by atoms with Gasteiger partial charge in [-0.15, -0.1) is 0 Å². The zero-order valence-electron chi connectivity index (χ0n) is 15.5. The molecule has 1 amide bonds. The van der Waals surface area contributed by atoms with E-state index < -0.39 is 23.7 Å². The molecule has 7 nitrogen and oxygen atoms in total. The molecule has 1 aromatic carbocycles. The van der Waals surface area contributed by atoms with Crippen LogP contribution in [0.5, 0.6) is 5.75 Å². The zero-order valence-corrected chi connectivity index (χ0v) is 15.5. The summed E-state index contributed by atoms with van der Waals surface area (Å²) < 4.78 is 7.75. The third-order valence-electron chi connectivity index (χ3n) is 5.09. The fraction of sp³-hybridized carbons (Fsp3) is 0.286. The van der Waals surface area contributed by atoms with Crippen molar-refractivity contribution in [3.05, 3.63) is 72.2 Å². The molecule has 3 aromatic rings. The topological polar surface area (TPSA) is 88.6 Å². The van der Waals surface area contributed by atoms with Crippen LogP contribution in [0.25, 0.3) is 0 Å². The Balaban J connectivity index is 1.64. The zero-order chi connectivity index (χ0) is 19.7. The van der Waals surface area contributed by atoms with Crippen LogP contribution in [0.4, 0.5) is 0 Å². The maximum Gasteiger partial charge on any atom is 0.291 e. The molecular weight excluding hydrogens is 358 g/mol. The van der Waals surface area contributed by atoms with Gasteiger partial charge in [0.15, 0.2) is 0 Å². The highest BCUT2D eigenvalue weighted by Crippen LogP contribution is 2.43. The van der Waals surface area contributed by atoms with Crippen molar-refractivity contribution in [3.63, 3.8) is 0 Å². The van der Waals surface area contributed by atoms with Crippen molar-refractivity contribution in [1.29, 1.82) is 0 Å². The van der Waals surface area contributed by atoms with E-state index in [1.165, 1.54) is 12.1 Å². The predicted octanol–water partition coefficient (Wildman–Crippen LogP) is 2.82. The Morgan fingerprint density at radius 1 is 1.11 bits per heavy atom. The second-order valence-corrected chi connectivity index (χ2v) is 6.98. The van der Waals surface area contributed by atoms with Gasteiger partial charge in [0.05, 0.1) is 12.2 Å². The van der Waals surface area contributed by atoms with Crippen molar-refractivity contribution in [3.8, 4) is 5.75 Å². The first-order valence-corrected chi connectivity index (χ1v) is 9.20. The van der Waals surface area contributed by atoms with E-state index in [2.05, 4.69) is 4.98 Å². The Bertz CT molecular complexity index is 976. The number of aromatic hydroxyl groups is 1. The molecule has 1 N–H and O–H groups in total. The van der Waals surface area contributed by atoms with Gasteiger partial charge in [0, 0.05) is 25.5 Å². The number of benzene rings is 1. The summed E-state index contributed by atoms with van der Waals surface area (Å²) in [6.07, 6.45) is 5.99. The van der Waals surface area contributed by atoms with Crippen molar-refractivity contribution < 1.29 is 19.1 Å². The van der Waals surface area contributed by atoms with E-state index in [-0.39, 0.29) is 5.75 Å². The van der Waals surface area contributed by atoms with Gasteiger partial charge in [-0.1, -0.05) is 12.1 Å². The SMILES string of the molecule is Cc1ccc(C2C(c3ccc(O)cc3)C(=O)C(=O)N2CCCn2ccnc2)o1. The van der Waals surface area contributed by atoms with Crippen LogP contribution in [0, 0.1) is 6.92 Å². The van der Waals surface area contributed by atoms with Gasteiger partial charge >= 0.3 is 0 Å². The van der Waals surface area contributed by atoms with Gasteiger partial charge in [-0.2, -0.15) is 0 Å². The third-order valence-corrected chi connectivity index (χ3v) is 5.09. The van der Waals surface area contributed by atoms with Crippen molar-refractivity contribution in [1.82, 2.24) is 14.5 Å². The largest absolute Gasteiger partial charge is 0.508 e. The second kappa shape index (κ2) is 7.34. The highest BCUT2D eigenvalue weighted by Gasteiger charge is 2.49. The molecule has 7 heteroatoms. The molecule has 2 aromatic heterocycles. The number of nitrogens with zero attached hydrogens (tertiary/aromatic N) is 3. The van der Waals surface area contributed by atoms with Gasteiger partial charge in [0.25, 0.3) is 5.91 Å². The number of phenols is 1. The Morgan fingerprint density at radius 2 is 1.89 bits per heavy atom. The molecule has 2 unspecified atom stereocenters. The van der Waals surface area contributed by atoms with Gasteiger partial charge < -0.3 is 19.0 Å². The summed E-state index contributed by atoms with van der Waals surface area (Å²) in [5, 5.41) is 9.57. The van der Waals surface area contributed by atoms with Gasteiger partial charge in [0.1, 0.15) is 23.3 Å². The number of hydrogen-bond donors (Lipinski definition) is 1. The minimum Gasteiger partial charge on any atom is -0.508 e. The van der Waals surface area contributed by atoms with Crippen molar-refractivity contribution in [2.45, 2.75) is 31.8 Å². The first-order valence-electron chi connectivity index (χ1n) is 9.20. The number of carbonyl (C=O) groups is 2. The molecule has 0 spiro atoms. The lowest BCUT2D eigenvalue weighted by Crippen LogP contribution is -2.31. The van der Waals surface area contributed by atoms with Crippen LogP contribution in [-0.4, -0.2) is 37.8 Å². The number of furan rings is 1. The van der Waals surface area contributed by atoms with Crippen molar-refractivity contribution in [2.75, 3.05) is 6.54 Å². The van der Waals surface area contributed by atoms with Gasteiger partial charge in [-0.05, 0) is 43.2 Å². The maximum atomic E-state index is 12.9. The van der Waals surface area contributed by atoms with Crippen LogP contribution in [-0.2, 0) is 16.1 Å². The summed E-state index contributed by atoms with van der Waals surface area (Å²) in [7, 11) is 0. The molecule has 0 radical (unpaired) electrons. The molecule has 1 aliphatic heterocycles. The molecule has 28 heavy (non-hydrogen) atoms. The average molecular weight is 379 g/mol. The molecular formula is C21H21N3O4. The predicted molar refractivity (Wildman–Crippen MR) is 101 cm³/mol. The Kier molecular flexibility index (Phi) is 4.73. The van der Waals surface area contributed by atoms with E-state index in [1.807, 2.05) is 29.8 Å². The number of ketones is 1. The number of Topliss-reactive ketones (excluding diaryl/α,β-unsaturated/α-hetero) is 1. The second-order valence-electron chi connectivity index (χ2n) is 6.98. The van der Waals surface area contributed by atoms with E-state index in [0.29, 0.717) is 30.8 Å². The number of imidazole rings is 1. The number of carbonyl (C=O) groups excluding carboxylic acids is 2. The molecule has 4 rings (SSSR count). The summed E-state index contributed by atoms with van der Waals surface area (Å²) in [5.74, 6) is -0.174. The lowest BCUT2D eigenvalue weighted by molar-refractivity contribution is -0.140. The maximum absolute atomic E-state index is 12.9. The number of phenolic OH excluding ortho intramolecular Hbond substituents is 1. The number of likely N-dealkylation sites (tertiary alicyclic amines) is 1. The molecule has 3 heterocycles. The number of aromatic nitrogens is 2. The molecule has 0 saturated carbocycles. The van der Waals surface area contributed by atoms with Crippen LogP contribution in [0.3, 0.4) is 0 Å². The lowest BCUT2D eigenvalue weighted by atomic mass is 9.89. The fourth-order valence-electron chi connectivity index (χ4n) is 3.75. The fourth-order valence-corrected chi connectivity index (χ4v) is 3.75. The summed E-state index contributed by atoms with van der Waals surface area (Å²) >= 11 is 0. The quantitative estimate of drug-likeness (QED) is 0.666. The lowest BCUT2D eigenvalue weighted by Gasteiger charge is -2.26. The monoisotopic (exact) mass is 379 g/mol.